The van der Waals surface area contributed by atoms with Gasteiger partial charge in [-0.2, -0.15) is 0 Å². The van der Waals surface area contributed by atoms with Crippen molar-refractivity contribution in [2.24, 2.45) is 0 Å². The van der Waals surface area contributed by atoms with Crippen LogP contribution in [0.15, 0.2) is 54.7 Å². The maximum Gasteiger partial charge on any atom is 0.262 e. The molecule has 0 radical (unpaired) electrons. The summed E-state index contributed by atoms with van der Waals surface area (Å²) < 4.78 is 15.9. The lowest BCUT2D eigenvalue weighted by Gasteiger charge is -2.11. The maximum absolute atomic E-state index is 12.2. The topological polar surface area (TPSA) is 69.7 Å². The highest BCUT2D eigenvalue weighted by Gasteiger charge is 2.10. The molecule has 0 bridgehead atoms. The third kappa shape index (κ3) is 3.98. The number of carbonyl (C=O) groups is 1. The maximum atomic E-state index is 12.2. The van der Waals surface area contributed by atoms with Crippen molar-refractivity contribution in [3.63, 3.8) is 0 Å². The van der Waals surface area contributed by atoms with Crippen LogP contribution in [-0.2, 0) is 4.79 Å². The summed E-state index contributed by atoms with van der Waals surface area (Å²) in [6.07, 6.45) is 1.68. The van der Waals surface area contributed by atoms with Gasteiger partial charge in [0, 0.05) is 23.7 Å². The Balaban J connectivity index is 1.73. The van der Waals surface area contributed by atoms with Crippen molar-refractivity contribution in [3.8, 4) is 17.2 Å². The van der Waals surface area contributed by atoms with Gasteiger partial charge in [-0.05, 0) is 24.3 Å². The Labute approximate surface area is 145 Å². The number of carbonyl (C=O) groups excluding carboxylic acids is 1. The Morgan fingerprint density at radius 2 is 1.80 bits per heavy atom. The molecule has 0 aliphatic heterocycles. The minimum atomic E-state index is -0.289. The van der Waals surface area contributed by atoms with Crippen molar-refractivity contribution in [3.05, 3.63) is 54.7 Å². The highest BCUT2D eigenvalue weighted by Crippen LogP contribution is 2.27. The predicted octanol–water partition coefficient (Wildman–Crippen LogP) is 3.27. The molecule has 1 amide bonds. The van der Waals surface area contributed by atoms with E-state index in [1.807, 2.05) is 18.2 Å². The number of benzene rings is 2. The molecular formula is C19H18N2O4. The van der Waals surface area contributed by atoms with Gasteiger partial charge in [-0.3, -0.25) is 9.78 Å². The van der Waals surface area contributed by atoms with Crippen molar-refractivity contribution >= 4 is 22.5 Å². The van der Waals surface area contributed by atoms with Crippen molar-refractivity contribution in [1.82, 2.24) is 4.98 Å². The molecule has 1 N–H and O–H groups in total. The van der Waals surface area contributed by atoms with Crippen molar-refractivity contribution in [2.45, 2.75) is 0 Å². The Bertz CT molecular complexity index is 895. The molecule has 0 spiro atoms. The number of ether oxygens (including phenoxy) is 3. The van der Waals surface area contributed by atoms with Gasteiger partial charge in [0.2, 0.25) is 0 Å². The SMILES string of the molecule is COc1cccc(OCC(=O)Nc2cc(OC)cc3cccnc23)c1. The first kappa shape index (κ1) is 16.6. The molecule has 0 aliphatic rings. The van der Waals surface area contributed by atoms with Crippen molar-refractivity contribution < 1.29 is 19.0 Å². The van der Waals surface area contributed by atoms with E-state index in [-0.39, 0.29) is 12.5 Å². The van der Waals surface area contributed by atoms with Gasteiger partial charge in [0.15, 0.2) is 6.61 Å². The molecule has 0 fully saturated rings. The number of rotatable bonds is 6. The van der Waals surface area contributed by atoms with E-state index in [9.17, 15) is 4.79 Å². The van der Waals surface area contributed by atoms with E-state index in [4.69, 9.17) is 14.2 Å². The first-order valence-corrected chi connectivity index (χ1v) is 7.69. The summed E-state index contributed by atoms with van der Waals surface area (Å²) in [5.74, 6) is 1.58. The lowest BCUT2D eigenvalue weighted by Crippen LogP contribution is -2.20. The lowest BCUT2D eigenvalue weighted by molar-refractivity contribution is -0.118. The number of amides is 1. The fourth-order valence-electron chi connectivity index (χ4n) is 2.40. The highest BCUT2D eigenvalue weighted by molar-refractivity contribution is 6.01. The number of methoxy groups -OCH3 is 2. The first-order chi connectivity index (χ1) is 12.2. The van der Waals surface area contributed by atoms with Gasteiger partial charge < -0.3 is 19.5 Å². The first-order valence-electron chi connectivity index (χ1n) is 7.69. The van der Waals surface area contributed by atoms with E-state index >= 15 is 0 Å². The fourth-order valence-corrected chi connectivity index (χ4v) is 2.40. The second-order valence-corrected chi connectivity index (χ2v) is 5.27. The third-order valence-electron chi connectivity index (χ3n) is 3.60. The Kier molecular flexibility index (Phi) is 4.99. The van der Waals surface area contributed by atoms with Gasteiger partial charge in [0.25, 0.3) is 5.91 Å². The highest BCUT2D eigenvalue weighted by atomic mass is 16.5. The van der Waals surface area contributed by atoms with Crippen LogP contribution in [0.5, 0.6) is 17.2 Å². The number of nitrogens with one attached hydrogen (secondary N) is 1. The van der Waals surface area contributed by atoms with E-state index in [0.717, 1.165) is 5.39 Å². The molecule has 3 aromatic rings. The summed E-state index contributed by atoms with van der Waals surface area (Å²) >= 11 is 0. The minimum Gasteiger partial charge on any atom is -0.497 e. The van der Waals surface area contributed by atoms with Crippen LogP contribution in [0, 0.1) is 0 Å². The molecule has 1 aromatic heterocycles. The zero-order valence-electron chi connectivity index (χ0n) is 14.0. The third-order valence-corrected chi connectivity index (χ3v) is 3.60. The molecule has 0 atom stereocenters. The molecule has 128 valence electrons. The molecule has 0 unspecified atom stereocenters. The molecule has 2 aromatic carbocycles. The van der Waals surface area contributed by atoms with Gasteiger partial charge in [0.1, 0.15) is 17.2 Å². The van der Waals surface area contributed by atoms with Crippen molar-refractivity contribution in [2.75, 3.05) is 26.1 Å². The second kappa shape index (κ2) is 7.53. The number of anilines is 1. The molecule has 0 aliphatic carbocycles. The summed E-state index contributed by atoms with van der Waals surface area (Å²) in [6, 6.07) is 14.4. The molecule has 6 nitrogen and oxygen atoms in total. The average Bonchev–Trinajstić information content (AvgIpc) is 2.66. The quantitative estimate of drug-likeness (QED) is 0.747. The summed E-state index contributed by atoms with van der Waals surface area (Å²) in [5, 5.41) is 3.70. The van der Waals surface area contributed by atoms with Gasteiger partial charge in [0.05, 0.1) is 25.4 Å². The molecule has 1 heterocycles. The average molecular weight is 338 g/mol. The zero-order chi connectivity index (χ0) is 17.6. The van der Waals surface area contributed by atoms with E-state index in [1.165, 1.54) is 0 Å². The predicted molar refractivity (Wildman–Crippen MR) is 95.4 cm³/mol. The molecule has 3 rings (SSSR count). The van der Waals surface area contributed by atoms with Gasteiger partial charge >= 0.3 is 0 Å². The lowest BCUT2D eigenvalue weighted by atomic mass is 10.2. The van der Waals surface area contributed by atoms with Crippen LogP contribution in [0.2, 0.25) is 0 Å². The van der Waals surface area contributed by atoms with E-state index < -0.39 is 0 Å². The summed E-state index contributed by atoms with van der Waals surface area (Å²) in [5.41, 5.74) is 1.27. The standard InChI is InChI=1S/C19H18N2O4/c1-23-14-6-3-7-15(10-14)25-12-18(22)21-17-11-16(24-2)9-13-5-4-8-20-19(13)17/h3-11H,12H2,1-2H3,(H,21,22). The van der Waals surface area contributed by atoms with Gasteiger partial charge in [-0.15, -0.1) is 0 Å². The van der Waals surface area contributed by atoms with Crippen LogP contribution in [0.25, 0.3) is 10.9 Å². The molecule has 0 saturated heterocycles. The Morgan fingerprint density at radius 3 is 2.60 bits per heavy atom. The van der Waals surface area contributed by atoms with Crippen LogP contribution in [0.4, 0.5) is 5.69 Å². The molecular weight excluding hydrogens is 320 g/mol. The number of hydrogen-bond donors (Lipinski definition) is 1. The molecule has 0 saturated carbocycles. The number of pyridine rings is 1. The number of nitrogens with zero attached hydrogens (tertiary/aromatic N) is 1. The normalized spacial score (nSPS) is 10.3. The molecule has 25 heavy (non-hydrogen) atoms. The summed E-state index contributed by atoms with van der Waals surface area (Å²) in [4.78, 5) is 16.6. The fraction of sp³-hybridized carbons (Fsp3) is 0.158. The van der Waals surface area contributed by atoms with Crippen LogP contribution in [-0.4, -0.2) is 31.7 Å². The number of aromatic nitrogens is 1. The molecule has 6 heteroatoms. The summed E-state index contributed by atoms with van der Waals surface area (Å²) in [7, 11) is 3.15. The van der Waals surface area contributed by atoms with Gasteiger partial charge in [-0.1, -0.05) is 12.1 Å². The minimum absolute atomic E-state index is 0.126. The number of hydrogen-bond acceptors (Lipinski definition) is 5. The largest absolute Gasteiger partial charge is 0.497 e. The summed E-state index contributed by atoms with van der Waals surface area (Å²) in [6.45, 7) is -0.126. The van der Waals surface area contributed by atoms with Crippen LogP contribution < -0.4 is 19.5 Å². The van der Waals surface area contributed by atoms with E-state index in [0.29, 0.717) is 28.5 Å². The zero-order valence-corrected chi connectivity index (χ0v) is 14.0. The van der Waals surface area contributed by atoms with Crippen molar-refractivity contribution in [1.29, 1.82) is 0 Å². The van der Waals surface area contributed by atoms with Crippen LogP contribution in [0.1, 0.15) is 0 Å². The number of fused-ring (bicyclic) bond motifs is 1. The van der Waals surface area contributed by atoms with Crippen LogP contribution >= 0.6 is 0 Å². The Hall–Kier alpha value is -3.28. The van der Waals surface area contributed by atoms with E-state index in [2.05, 4.69) is 10.3 Å². The van der Waals surface area contributed by atoms with E-state index in [1.54, 1.807) is 50.7 Å². The second-order valence-electron chi connectivity index (χ2n) is 5.27. The Morgan fingerprint density at radius 1 is 1.00 bits per heavy atom. The van der Waals surface area contributed by atoms with Crippen LogP contribution in [0.3, 0.4) is 0 Å². The monoisotopic (exact) mass is 338 g/mol. The van der Waals surface area contributed by atoms with Gasteiger partial charge in [-0.25, -0.2) is 0 Å². The smallest absolute Gasteiger partial charge is 0.262 e.